The van der Waals surface area contributed by atoms with Crippen LogP contribution in [0.25, 0.3) is 0 Å². The summed E-state index contributed by atoms with van der Waals surface area (Å²) in [5, 5.41) is 11.2. The molecule has 2 N–H and O–H groups in total. The summed E-state index contributed by atoms with van der Waals surface area (Å²) < 4.78 is 25.1. The van der Waals surface area contributed by atoms with Crippen molar-refractivity contribution in [2.45, 2.75) is 52.6 Å². The Morgan fingerprint density at radius 2 is 2.12 bits per heavy atom. The van der Waals surface area contributed by atoms with Crippen molar-refractivity contribution in [1.82, 2.24) is 20.4 Å². The van der Waals surface area contributed by atoms with Crippen LogP contribution in [-0.4, -0.2) is 49.3 Å². The molecule has 0 bridgehead atoms. The second-order valence-electron chi connectivity index (χ2n) is 7.87. The highest BCUT2D eigenvalue weighted by Gasteiger charge is 2.28. The molecule has 26 heavy (non-hydrogen) atoms. The van der Waals surface area contributed by atoms with Crippen LogP contribution in [0.2, 0.25) is 0 Å². The fraction of sp³-hybridized carbons (Fsp3) is 0.765. The Morgan fingerprint density at radius 1 is 1.46 bits per heavy atom. The van der Waals surface area contributed by atoms with Crippen LogP contribution in [0.4, 0.5) is 0 Å². The molecule has 0 radical (unpaired) electrons. The molecule has 0 amide bonds. The van der Waals surface area contributed by atoms with Gasteiger partial charge in [-0.3, -0.25) is 9.67 Å². The summed E-state index contributed by atoms with van der Waals surface area (Å²) in [5.74, 6) is 1.40. The predicted molar refractivity (Wildman–Crippen MR) is 117 cm³/mol. The Kier molecular flexibility index (Phi) is 7.94. The minimum atomic E-state index is -2.84. The number of aryl methyl sites for hydroxylation is 1. The van der Waals surface area contributed by atoms with E-state index in [1.165, 1.54) is 0 Å². The van der Waals surface area contributed by atoms with Crippen molar-refractivity contribution in [1.29, 1.82) is 0 Å². The van der Waals surface area contributed by atoms with Crippen molar-refractivity contribution in [3.05, 3.63) is 17.5 Å². The molecule has 2 atom stereocenters. The second kappa shape index (κ2) is 8.90. The number of hydrogen-bond donors (Lipinski definition) is 2. The van der Waals surface area contributed by atoms with Gasteiger partial charge in [-0.1, -0.05) is 0 Å². The van der Waals surface area contributed by atoms with Crippen LogP contribution in [0.15, 0.2) is 11.2 Å². The van der Waals surface area contributed by atoms with E-state index >= 15 is 0 Å². The standard InChI is InChI=1S/C17H31N5O2S.HI/c1-12(15-10-22(17(3,4)5)21-13(15)2)20-16(18-6)19-9-14-7-8-25(23,24)11-14;/h10,12,14H,7-9,11H2,1-6H3,(H2,18,19,20);1H. The van der Waals surface area contributed by atoms with Crippen LogP contribution >= 0.6 is 24.0 Å². The molecule has 2 rings (SSSR count). The van der Waals surface area contributed by atoms with Gasteiger partial charge in [0, 0.05) is 25.4 Å². The number of nitrogens with zero attached hydrogens (tertiary/aromatic N) is 3. The first-order chi connectivity index (χ1) is 11.5. The average Bonchev–Trinajstić information content (AvgIpc) is 3.05. The van der Waals surface area contributed by atoms with Crippen molar-refractivity contribution in [2.75, 3.05) is 25.1 Å². The fourth-order valence-corrected chi connectivity index (χ4v) is 4.86. The third-order valence-electron chi connectivity index (χ3n) is 4.55. The first-order valence-electron chi connectivity index (χ1n) is 8.76. The van der Waals surface area contributed by atoms with Gasteiger partial charge in [0.25, 0.3) is 0 Å². The minimum Gasteiger partial charge on any atom is -0.356 e. The summed E-state index contributed by atoms with van der Waals surface area (Å²) in [4.78, 5) is 4.25. The highest BCUT2D eigenvalue weighted by Crippen LogP contribution is 2.21. The van der Waals surface area contributed by atoms with Crippen molar-refractivity contribution in [2.24, 2.45) is 10.9 Å². The fourth-order valence-electron chi connectivity index (χ4n) is 2.99. The number of sulfone groups is 1. The number of rotatable bonds is 4. The van der Waals surface area contributed by atoms with Crippen LogP contribution in [0.1, 0.15) is 51.4 Å². The Morgan fingerprint density at radius 3 is 2.58 bits per heavy atom. The first kappa shape index (κ1) is 23.2. The van der Waals surface area contributed by atoms with Gasteiger partial charge in [0.15, 0.2) is 15.8 Å². The SMILES string of the molecule is CN=C(NCC1CCS(=O)(=O)C1)NC(C)c1cn(C(C)(C)C)nc1C.I. The summed E-state index contributed by atoms with van der Waals surface area (Å²) in [6, 6.07) is 0.0506. The molecule has 1 aliphatic rings. The molecule has 1 fully saturated rings. The summed E-state index contributed by atoms with van der Waals surface area (Å²) in [6.07, 6.45) is 2.79. The van der Waals surface area contributed by atoms with Gasteiger partial charge in [-0.2, -0.15) is 5.10 Å². The number of aliphatic imine (C=N–C) groups is 1. The van der Waals surface area contributed by atoms with Gasteiger partial charge in [0.05, 0.1) is 28.8 Å². The number of halogens is 1. The molecule has 7 nitrogen and oxygen atoms in total. The topological polar surface area (TPSA) is 88.4 Å². The summed E-state index contributed by atoms with van der Waals surface area (Å²) >= 11 is 0. The molecule has 9 heteroatoms. The lowest BCUT2D eigenvalue weighted by Crippen LogP contribution is -2.41. The smallest absolute Gasteiger partial charge is 0.191 e. The third kappa shape index (κ3) is 6.11. The Balaban J connectivity index is 0.00000338. The van der Waals surface area contributed by atoms with Crippen LogP contribution in [0.3, 0.4) is 0 Å². The quantitative estimate of drug-likeness (QED) is 0.379. The number of aromatic nitrogens is 2. The summed E-state index contributed by atoms with van der Waals surface area (Å²) in [5.41, 5.74) is 2.06. The molecule has 1 aromatic heterocycles. The molecule has 2 unspecified atom stereocenters. The van der Waals surface area contributed by atoms with E-state index in [0.717, 1.165) is 17.7 Å². The number of guanidine groups is 1. The molecular weight excluding hydrogens is 465 g/mol. The van der Waals surface area contributed by atoms with Crippen LogP contribution in [-0.2, 0) is 15.4 Å². The monoisotopic (exact) mass is 497 g/mol. The second-order valence-corrected chi connectivity index (χ2v) is 10.1. The molecule has 150 valence electrons. The molecule has 1 saturated heterocycles. The lowest BCUT2D eigenvalue weighted by molar-refractivity contribution is 0.353. The number of hydrogen-bond acceptors (Lipinski definition) is 4. The van der Waals surface area contributed by atoms with Gasteiger partial charge in [-0.25, -0.2) is 8.42 Å². The van der Waals surface area contributed by atoms with Gasteiger partial charge >= 0.3 is 0 Å². The molecule has 0 spiro atoms. The van der Waals surface area contributed by atoms with Gasteiger partial charge in [0.1, 0.15) is 0 Å². The minimum absolute atomic E-state index is 0. The molecule has 0 aliphatic carbocycles. The van der Waals surface area contributed by atoms with Gasteiger partial charge in [0.2, 0.25) is 0 Å². The van der Waals surface area contributed by atoms with Crippen molar-refractivity contribution in [3.8, 4) is 0 Å². The lowest BCUT2D eigenvalue weighted by Gasteiger charge is -2.20. The normalized spacial score (nSPS) is 21.2. The summed E-state index contributed by atoms with van der Waals surface area (Å²) in [7, 11) is -1.12. The van der Waals surface area contributed by atoms with Crippen molar-refractivity contribution < 1.29 is 8.42 Å². The zero-order valence-corrected chi connectivity index (χ0v) is 19.7. The van der Waals surface area contributed by atoms with Crippen LogP contribution in [0.5, 0.6) is 0 Å². The molecule has 0 saturated carbocycles. The molecule has 1 aliphatic heterocycles. The maximum Gasteiger partial charge on any atom is 0.191 e. The first-order valence-corrected chi connectivity index (χ1v) is 10.6. The maximum atomic E-state index is 11.6. The largest absolute Gasteiger partial charge is 0.356 e. The van der Waals surface area contributed by atoms with E-state index in [9.17, 15) is 8.42 Å². The zero-order valence-electron chi connectivity index (χ0n) is 16.5. The Labute approximate surface area is 174 Å². The van der Waals surface area contributed by atoms with E-state index < -0.39 is 9.84 Å². The highest BCUT2D eigenvalue weighted by atomic mass is 127. The van der Waals surface area contributed by atoms with E-state index in [1.54, 1.807) is 7.05 Å². The number of nitrogens with one attached hydrogen (secondary N) is 2. The molecular formula is C17H32IN5O2S. The van der Waals surface area contributed by atoms with Crippen LogP contribution in [0, 0.1) is 12.8 Å². The lowest BCUT2D eigenvalue weighted by atomic mass is 10.1. The van der Waals surface area contributed by atoms with E-state index in [2.05, 4.69) is 54.6 Å². The third-order valence-corrected chi connectivity index (χ3v) is 6.39. The predicted octanol–water partition coefficient (Wildman–Crippen LogP) is 2.23. The molecule has 0 aromatic carbocycles. The Bertz CT molecular complexity index is 737. The van der Waals surface area contributed by atoms with E-state index in [1.807, 2.05) is 11.6 Å². The van der Waals surface area contributed by atoms with Crippen molar-refractivity contribution >= 4 is 39.8 Å². The van der Waals surface area contributed by atoms with Gasteiger partial charge < -0.3 is 10.6 Å². The zero-order chi connectivity index (χ0) is 18.8. The van der Waals surface area contributed by atoms with Gasteiger partial charge in [-0.15, -0.1) is 24.0 Å². The molecule has 1 aromatic rings. The maximum absolute atomic E-state index is 11.6. The van der Waals surface area contributed by atoms with E-state index in [-0.39, 0.29) is 47.2 Å². The Hall–Kier alpha value is -0.840. The van der Waals surface area contributed by atoms with Gasteiger partial charge in [-0.05, 0) is 47.0 Å². The molecule has 2 heterocycles. The summed E-state index contributed by atoms with van der Waals surface area (Å²) in [6.45, 7) is 11.1. The van der Waals surface area contributed by atoms with E-state index in [4.69, 9.17) is 0 Å². The average molecular weight is 497 g/mol. The van der Waals surface area contributed by atoms with Crippen LogP contribution < -0.4 is 10.6 Å². The van der Waals surface area contributed by atoms with E-state index in [0.29, 0.717) is 18.3 Å². The highest BCUT2D eigenvalue weighted by molar-refractivity contribution is 14.0. The van der Waals surface area contributed by atoms with Crippen molar-refractivity contribution in [3.63, 3.8) is 0 Å².